The molecule has 0 atom stereocenters. The van der Waals surface area contributed by atoms with Crippen molar-refractivity contribution in [1.82, 2.24) is 24.1 Å². The number of rotatable bonds is 0. The van der Waals surface area contributed by atoms with E-state index in [0.717, 1.165) is 9.08 Å². The molecule has 0 unspecified atom stereocenters. The summed E-state index contributed by atoms with van der Waals surface area (Å²) in [4.78, 5) is 28.7. The largest absolute Gasteiger partial charge is 0.355 e. The smallest absolute Gasteiger partial charge is 0.275 e. The molecule has 0 saturated heterocycles. The highest BCUT2D eigenvalue weighted by Gasteiger charge is 2.06. The van der Waals surface area contributed by atoms with Gasteiger partial charge < -0.3 is 0 Å². The first-order valence-electron chi connectivity index (χ1n) is 3.62. The number of aromatic amines is 1. The van der Waals surface area contributed by atoms with Gasteiger partial charge in [-0.15, -0.1) is 9.61 Å². The predicted octanol–water partition coefficient (Wildman–Crippen LogP) is -1.58. The lowest BCUT2D eigenvalue weighted by atomic mass is 10.8. The molecule has 2 aromatic heterocycles. The van der Waals surface area contributed by atoms with Gasteiger partial charge in [-0.3, -0.25) is 4.98 Å². The minimum absolute atomic E-state index is 0.172. The van der Waals surface area contributed by atoms with E-state index in [1.54, 1.807) is 6.92 Å². The summed E-state index contributed by atoms with van der Waals surface area (Å²) >= 11 is 0. The number of H-pyrrole nitrogens is 1. The Bertz CT molecular complexity index is 575. The van der Waals surface area contributed by atoms with Crippen LogP contribution in [0.3, 0.4) is 0 Å². The molecule has 2 aromatic rings. The van der Waals surface area contributed by atoms with Crippen LogP contribution in [0.5, 0.6) is 0 Å². The van der Waals surface area contributed by atoms with Gasteiger partial charge in [-0.1, -0.05) is 0 Å². The zero-order chi connectivity index (χ0) is 9.59. The molecule has 0 bridgehead atoms. The molecule has 0 aliphatic rings. The Kier molecular flexibility index (Phi) is 1.35. The van der Waals surface area contributed by atoms with E-state index in [1.807, 2.05) is 0 Å². The van der Waals surface area contributed by atoms with Crippen molar-refractivity contribution in [3.05, 3.63) is 26.8 Å². The Labute approximate surface area is 71.7 Å². The second kappa shape index (κ2) is 2.28. The van der Waals surface area contributed by atoms with Crippen LogP contribution >= 0.6 is 0 Å². The SMILES string of the molecule is Cc1nc2[nH]c(=O)n(C)c(=O)n2n1. The van der Waals surface area contributed by atoms with Crippen molar-refractivity contribution in [2.45, 2.75) is 6.92 Å². The molecule has 0 aliphatic heterocycles. The maximum absolute atomic E-state index is 11.4. The van der Waals surface area contributed by atoms with Crippen LogP contribution < -0.4 is 11.4 Å². The third-order valence-corrected chi connectivity index (χ3v) is 1.70. The van der Waals surface area contributed by atoms with Crippen molar-refractivity contribution < 1.29 is 0 Å². The topological polar surface area (TPSA) is 85.0 Å². The molecule has 2 rings (SSSR count). The normalized spacial score (nSPS) is 10.9. The standard InChI is InChI=1S/C6H7N5O2/c1-3-7-4-8-5(12)10(2)6(13)11(4)9-3/h1-2H3,(H,7,8,9,12). The second-order valence-corrected chi connectivity index (χ2v) is 2.67. The Morgan fingerprint density at radius 1 is 1.38 bits per heavy atom. The first-order valence-corrected chi connectivity index (χ1v) is 3.62. The van der Waals surface area contributed by atoms with Gasteiger partial charge >= 0.3 is 11.4 Å². The molecule has 0 spiro atoms. The van der Waals surface area contributed by atoms with E-state index >= 15 is 0 Å². The maximum Gasteiger partial charge on any atom is 0.355 e. The quantitative estimate of drug-likeness (QED) is 0.531. The fourth-order valence-electron chi connectivity index (χ4n) is 1.04. The summed E-state index contributed by atoms with van der Waals surface area (Å²) in [5.41, 5.74) is -0.996. The molecular weight excluding hydrogens is 174 g/mol. The summed E-state index contributed by atoms with van der Waals surface area (Å²) < 4.78 is 1.98. The van der Waals surface area contributed by atoms with E-state index in [1.165, 1.54) is 7.05 Å². The number of aryl methyl sites for hydroxylation is 1. The minimum Gasteiger partial charge on any atom is -0.275 e. The van der Waals surface area contributed by atoms with Crippen LogP contribution in [0.4, 0.5) is 0 Å². The Morgan fingerprint density at radius 3 is 2.77 bits per heavy atom. The van der Waals surface area contributed by atoms with Crippen molar-refractivity contribution in [2.24, 2.45) is 7.05 Å². The minimum atomic E-state index is -0.501. The van der Waals surface area contributed by atoms with Crippen LogP contribution in [0.2, 0.25) is 0 Å². The Balaban J connectivity index is 3.10. The average molecular weight is 181 g/mol. The number of nitrogens with one attached hydrogen (secondary N) is 1. The molecule has 0 aromatic carbocycles. The molecule has 0 saturated carbocycles. The fraction of sp³-hybridized carbons (Fsp3) is 0.333. The van der Waals surface area contributed by atoms with Crippen molar-refractivity contribution in [2.75, 3.05) is 0 Å². The number of nitrogens with zero attached hydrogens (tertiary/aromatic N) is 4. The van der Waals surface area contributed by atoms with Gasteiger partial charge in [0.2, 0.25) is 5.78 Å². The second-order valence-electron chi connectivity index (χ2n) is 2.67. The summed E-state index contributed by atoms with van der Waals surface area (Å²) in [7, 11) is 1.37. The summed E-state index contributed by atoms with van der Waals surface area (Å²) in [5, 5.41) is 3.82. The van der Waals surface area contributed by atoms with Crippen LogP contribution in [-0.2, 0) is 7.05 Å². The average Bonchev–Trinajstić information content (AvgIpc) is 2.42. The van der Waals surface area contributed by atoms with Crippen molar-refractivity contribution in [1.29, 1.82) is 0 Å². The number of hydrogen-bond acceptors (Lipinski definition) is 4. The molecule has 7 nitrogen and oxygen atoms in total. The molecule has 68 valence electrons. The first kappa shape index (κ1) is 7.71. The van der Waals surface area contributed by atoms with Crippen LogP contribution in [0.25, 0.3) is 5.78 Å². The van der Waals surface area contributed by atoms with Gasteiger partial charge in [-0.25, -0.2) is 14.2 Å². The Hall–Kier alpha value is -1.92. The molecule has 0 aliphatic carbocycles. The molecule has 7 heteroatoms. The van der Waals surface area contributed by atoms with Crippen molar-refractivity contribution >= 4 is 5.78 Å². The van der Waals surface area contributed by atoms with Crippen LogP contribution in [0.1, 0.15) is 5.82 Å². The lowest BCUT2D eigenvalue weighted by Crippen LogP contribution is -2.37. The van der Waals surface area contributed by atoms with E-state index < -0.39 is 11.4 Å². The number of fused-ring (bicyclic) bond motifs is 1. The summed E-state index contributed by atoms with van der Waals surface area (Å²) in [6.07, 6.45) is 0. The van der Waals surface area contributed by atoms with Gasteiger partial charge in [0.25, 0.3) is 0 Å². The van der Waals surface area contributed by atoms with Crippen molar-refractivity contribution in [3.8, 4) is 0 Å². The van der Waals surface area contributed by atoms with E-state index in [9.17, 15) is 9.59 Å². The van der Waals surface area contributed by atoms with E-state index in [4.69, 9.17) is 0 Å². The highest BCUT2D eigenvalue weighted by molar-refractivity contribution is 5.23. The van der Waals surface area contributed by atoms with Gasteiger partial charge in [0, 0.05) is 7.05 Å². The summed E-state index contributed by atoms with van der Waals surface area (Å²) in [6.45, 7) is 1.64. The zero-order valence-corrected chi connectivity index (χ0v) is 7.11. The maximum atomic E-state index is 11.4. The van der Waals surface area contributed by atoms with Gasteiger partial charge in [-0.2, -0.15) is 4.98 Å². The molecule has 13 heavy (non-hydrogen) atoms. The van der Waals surface area contributed by atoms with E-state index in [0.29, 0.717) is 5.82 Å². The van der Waals surface area contributed by atoms with Gasteiger partial charge in [-0.05, 0) is 6.92 Å². The third-order valence-electron chi connectivity index (χ3n) is 1.70. The number of aromatic nitrogens is 5. The van der Waals surface area contributed by atoms with Crippen molar-refractivity contribution in [3.63, 3.8) is 0 Å². The third kappa shape index (κ3) is 0.968. The monoisotopic (exact) mass is 181 g/mol. The zero-order valence-electron chi connectivity index (χ0n) is 7.11. The highest BCUT2D eigenvalue weighted by Crippen LogP contribution is 1.87. The van der Waals surface area contributed by atoms with E-state index in [-0.39, 0.29) is 5.78 Å². The van der Waals surface area contributed by atoms with E-state index in [2.05, 4.69) is 15.1 Å². The summed E-state index contributed by atoms with van der Waals surface area (Å²) in [6, 6.07) is 0. The Morgan fingerprint density at radius 2 is 2.08 bits per heavy atom. The molecule has 0 radical (unpaired) electrons. The molecular formula is C6H7N5O2. The van der Waals surface area contributed by atoms with Gasteiger partial charge in [0.15, 0.2) is 0 Å². The molecule has 0 amide bonds. The first-order chi connectivity index (χ1) is 6.09. The lowest BCUT2D eigenvalue weighted by molar-refractivity contribution is 0.683. The highest BCUT2D eigenvalue weighted by atomic mass is 16.2. The van der Waals surface area contributed by atoms with Crippen LogP contribution in [0, 0.1) is 6.92 Å². The lowest BCUT2D eigenvalue weighted by Gasteiger charge is -1.93. The molecule has 0 fully saturated rings. The molecule has 1 N–H and O–H groups in total. The fourth-order valence-corrected chi connectivity index (χ4v) is 1.04. The predicted molar refractivity (Wildman–Crippen MR) is 43.6 cm³/mol. The van der Waals surface area contributed by atoms with Gasteiger partial charge in [0.05, 0.1) is 0 Å². The van der Waals surface area contributed by atoms with Crippen LogP contribution in [-0.4, -0.2) is 24.1 Å². The van der Waals surface area contributed by atoms with Gasteiger partial charge in [0.1, 0.15) is 5.82 Å². The number of hydrogen-bond donors (Lipinski definition) is 1. The van der Waals surface area contributed by atoms with Crippen LogP contribution in [0.15, 0.2) is 9.59 Å². The summed E-state index contributed by atoms with van der Waals surface area (Å²) in [5.74, 6) is 0.615. The molecule has 2 heterocycles.